The molecule has 0 fully saturated rings. The van der Waals surface area contributed by atoms with Crippen LogP contribution in [0.15, 0.2) is 21.1 Å². The topological polar surface area (TPSA) is 66.4 Å². The van der Waals surface area contributed by atoms with Crippen LogP contribution in [0.3, 0.4) is 0 Å². The second kappa shape index (κ2) is 12.2. The van der Waals surface area contributed by atoms with Gasteiger partial charge in [-0.3, -0.25) is 9.59 Å². The summed E-state index contributed by atoms with van der Waals surface area (Å²) >= 11 is 8.69. The van der Waals surface area contributed by atoms with Gasteiger partial charge in [0.15, 0.2) is 5.78 Å². The summed E-state index contributed by atoms with van der Waals surface area (Å²) in [6, 6.07) is 3.13. The molecule has 0 aliphatic heterocycles. The van der Waals surface area contributed by atoms with Crippen molar-refractivity contribution in [3.05, 3.63) is 32.2 Å². The number of carbonyl (C=O) groups is 2. The van der Waals surface area contributed by atoms with Gasteiger partial charge in [-0.05, 0) is 54.0 Å². The fraction of sp³-hybridized carbons (Fsp3) is 0.600. The van der Waals surface area contributed by atoms with Crippen LogP contribution in [0, 0.1) is 11.8 Å². The van der Waals surface area contributed by atoms with E-state index in [1.165, 1.54) is 0 Å². The maximum absolute atomic E-state index is 13.0. The monoisotopic (exact) mass is 521 g/mol. The Morgan fingerprint density at radius 2 is 1.78 bits per heavy atom. The molecular weight excluding hydrogens is 494 g/mol. The standard InChI is InChI=1S/C20H29Br2NO3S/c1-12(2)7-18(23-20(26)13(3)5-6-27-4)19(25)10-15-16(21)8-14(11-24)9-17(15)22/h8-9,12-13,18,24H,5-7,10-11H2,1-4H3,(H,23,26). The second-order valence-electron chi connectivity index (χ2n) is 7.21. The van der Waals surface area contributed by atoms with Gasteiger partial charge in [0.1, 0.15) is 0 Å². The van der Waals surface area contributed by atoms with Crippen molar-refractivity contribution in [1.29, 1.82) is 0 Å². The van der Waals surface area contributed by atoms with Crippen molar-refractivity contribution in [2.24, 2.45) is 11.8 Å². The van der Waals surface area contributed by atoms with Crippen LogP contribution in [-0.4, -0.2) is 34.8 Å². The van der Waals surface area contributed by atoms with E-state index < -0.39 is 6.04 Å². The first kappa shape index (κ1) is 24.7. The van der Waals surface area contributed by atoms with E-state index in [9.17, 15) is 14.7 Å². The third kappa shape index (κ3) is 8.26. The van der Waals surface area contributed by atoms with Crippen molar-refractivity contribution in [3.8, 4) is 0 Å². The van der Waals surface area contributed by atoms with Gasteiger partial charge < -0.3 is 10.4 Å². The Morgan fingerprint density at radius 3 is 2.26 bits per heavy atom. The molecule has 0 spiro atoms. The highest BCUT2D eigenvalue weighted by molar-refractivity contribution is 9.11. The Bertz CT molecular complexity index is 629. The largest absolute Gasteiger partial charge is 0.392 e. The van der Waals surface area contributed by atoms with Gasteiger partial charge in [-0.2, -0.15) is 11.8 Å². The lowest BCUT2D eigenvalue weighted by molar-refractivity contribution is -0.130. The molecule has 0 radical (unpaired) electrons. The lowest BCUT2D eigenvalue weighted by Crippen LogP contribution is -2.44. The maximum Gasteiger partial charge on any atom is 0.223 e. The molecule has 152 valence electrons. The molecule has 2 N–H and O–H groups in total. The van der Waals surface area contributed by atoms with Crippen molar-refractivity contribution in [2.75, 3.05) is 12.0 Å². The fourth-order valence-electron chi connectivity index (χ4n) is 2.70. The Kier molecular flexibility index (Phi) is 11.2. The van der Waals surface area contributed by atoms with Crippen molar-refractivity contribution in [2.45, 2.75) is 52.7 Å². The molecule has 2 atom stereocenters. The van der Waals surface area contributed by atoms with Gasteiger partial charge in [-0.15, -0.1) is 0 Å². The van der Waals surface area contributed by atoms with Crippen molar-refractivity contribution in [1.82, 2.24) is 5.32 Å². The van der Waals surface area contributed by atoms with E-state index in [4.69, 9.17) is 0 Å². The average Bonchev–Trinajstić information content (AvgIpc) is 2.61. The smallest absolute Gasteiger partial charge is 0.223 e. The van der Waals surface area contributed by atoms with Gasteiger partial charge in [0.05, 0.1) is 12.6 Å². The molecule has 0 saturated heterocycles. The Morgan fingerprint density at radius 1 is 1.19 bits per heavy atom. The number of Topliss-reactive ketones (excluding diaryl/α,β-unsaturated/α-hetero) is 1. The molecule has 4 nitrogen and oxygen atoms in total. The minimum Gasteiger partial charge on any atom is -0.392 e. The number of aliphatic hydroxyl groups is 1. The lowest BCUT2D eigenvalue weighted by Gasteiger charge is -2.22. The van der Waals surface area contributed by atoms with Gasteiger partial charge in [-0.25, -0.2) is 0 Å². The number of rotatable bonds is 11. The molecule has 27 heavy (non-hydrogen) atoms. The predicted octanol–water partition coefficient (Wildman–Crippen LogP) is 4.74. The Labute approximate surface area is 183 Å². The van der Waals surface area contributed by atoms with Gasteiger partial charge in [0.2, 0.25) is 5.91 Å². The molecule has 0 bridgehead atoms. The number of aliphatic hydroxyl groups excluding tert-OH is 1. The van der Waals surface area contributed by atoms with E-state index in [0.717, 1.165) is 32.2 Å². The van der Waals surface area contributed by atoms with Crippen molar-refractivity contribution >= 4 is 55.3 Å². The zero-order chi connectivity index (χ0) is 20.6. The van der Waals surface area contributed by atoms with Gasteiger partial charge in [0, 0.05) is 21.3 Å². The summed E-state index contributed by atoms with van der Waals surface area (Å²) in [6.45, 7) is 5.94. The van der Waals surface area contributed by atoms with Gasteiger partial charge in [-0.1, -0.05) is 52.6 Å². The normalized spacial score (nSPS) is 13.5. The average molecular weight is 523 g/mol. The maximum atomic E-state index is 13.0. The number of benzene rings is 1. The molecule has 1 amide bonds. The lowest BCUT2D eigenvalue weighted by atomic mass is 9.95. The number of ketones is 1. The Balaban J connectivity index is 2.91. The summed E-state index contributed by atoms with van der Waals surface area (Å²) in [4.78, 5) is 25.5. The number of amides is 1. The summed E-state index contributed by atoms with van der Waals surface area (Å²) in [7, 11) is 0. The van der Waals surface area contributed by atoms with Gasteiger partial charge >= 0.3 is 0 Å². The summed E-state index contributed by atoms with van der Waals surface area (Å²) in [5, 5.41) is 12.3. The van der Waals surface area contributed by atoms with Crippen LogP contribution in [-0.2, 0) is 22.6 Å². The third-order valence-corrected chi connectivity index (χ3v) is 6.41. The van der Waals surface area contributed by atoms with E-state index in [1.807, 2.05) is 39.2 Å². The molecule has 1 rings (SSSR count). The van der Waals surface area contributed by atoms with Crippen LogP contribution in [0.25, 0.3) is 0 Å². The van der Waals surface area contributed by atoms with Crippen LogP contribution in [0.2, 0.25) is 0 Å². The molecule has 0 heterocycles. The second-order valence-corrected chi connectivity index (χ2v) is 9.91. The van der Waals surface area contributed by atoms with Crippen LogP contribution in [0.5, 0.6) is 0 Å². The summed E-state index contributed by atoms with van der Waals surface area (Å²) in [5.41, 5.74) is 1.59. The predicted molar refractivity (Wildman–Crippen MR) is 120 cm³/mol. The first-order chi connectivity index (χ1) is 12.7. The minimum atomic E-state index is -0.495. The molecule has 1 aromatic carbocycles. The highest BCUT2D eigenvalue weighted by Gasteiger charge is 2.25. The number of halogens is 2. The van der Waals surface area contributed by atoms with Crippen molar-refractivity contribution < 1.29 is 14.7 Å². The molecular formula is C20H29Br2NO3S. The number of carbonyl (C=O) groups excluding carboxylic acids is 2. The summed E-state index contributed by atoms with van der Waals surface area (Å²) in [5.74, 6) is 1.05. The molecule has 0 aliphatic rings. The number of nitrogens with one attached hydrogen (secondary N) is 1. The number of hydrogen-bond acceptors (Lipinski definition) is 4. The van der Waals surface area contributed by atoms with E-state index in [2.05, 4.69) is 37.2 Å². The molecule has 0 saturated carbocycles. The highest BCUT2D eigenvalue weighted by atomic mass is 79.9. The zero-order valence-corrected chi connectivity index (χ0v) is 20.3. The molecule has 1 aromatic rings. The molecule has 0 aliphatic carbocycles. The molecule has 0 aromatic heterocycles. The van der Waals surface area contributed by atoms with Crippen LogP contribution in [0.4, 0.5) is 0 Å². The van der Waals surface area contributed by atoms with E-state index in [-0.39, 0.29) is 30.6 Å². The molecule has 7 heteroatoms. The van der Waals surface area contributed by atoms with Crippen LogP contribution >= 0.6 is 43.6 Å². The van der Waals surface area contributed by atoms with E-state index >= 15 is 0 Å². The van der Waals surface area contributed by atoms with Gasteiger partial charge in [0.25, 0.3) is 0 Å². The summed E-state index contributed by atoms with van der Waals surface area (Å²) in [6.07, 6.45) is 3.65. The Hall–Kier alpha value is -0.370. The first-order valence-electron chi connectivity index (χ1n) is 9.09. The number of hydrogen-bond donors (Lipinski definition) is 2. The van der Waals surface area contributed by atoms with E-state index in [1.54, 1.807) is 11.8 Å². The van der Waals surface area contributed by atoms with E-state index in [0.29, 0.717) is 12.3 Å². The van der Waals surface area contributed by atoms with Crippen molar-refractivity contribution in [3.63, 3.8) is 0 Å². The quantitative estimate of drug-likeness (QED) is 0.440. The fourth-order valence-corrected chi connectivity index (χ4v) is 4.85. The number of thioether (sulfide) groups is 1. The minimum absolute atomic E-state index is 0.00716. The molecule has 2 unspecified atom stereocenters. The van der Waals surface area contributed by atoms with Crippen LogP contribution < -0.4 is 5.32 Å². The highest BCUT2D eigenvalue weighted by Crippen LogP contribution is 2.29. The summed E-state index contributed by atoms with van der Waals surface area (Å²) < 4.78 is 1.55. The third-order valence-electron chi connectivity index (χ3n) is 4.35. The zero-order valence-electron chi connectivity index (χ0n) is 16.4. The SMILES string of the molecule is CSCCC(C)C(=O)NC(CC(C)C)C(=O)Cc1c(Br)cc(CO)cc1Br. The van der Waals surface area contributed by atoms with Crippen LogP contribution in [0.1, 0.15) is 44.7 Å². The first-order valence-corrected chi connectivity index (χ1v) is 12.1.